The summed E-state index contributed by atoms with van der Waals surface area (Å²) in [7, 11) is 3.12. The Kier molecular flexibility index (Phi) is 7.60. The summed E-state index contributed by atoms with van der Waals surface area (Å²) in [6, 6.07) is 15.6. The van der Waals surface area contributed by atoms with Crippen molar-refractivity contribution in [1.82, 2.24) is 15.0 Å². The van der Waals surface area contributed by atoms with E-state index in [1.165, 1.54) is 30.6 Å². The molecule has 2 heterocycles. The van der Waals surface area contributed by atoms with Crippen LogP contribution in [-0.4, -0.2) is 35.0 Å². The molecule has 5 rings (SSSR count). The van der Waals surface area contributed by atoms with Gasteiger partial charge in [0.1, 0.15) is 11.6 Å². The van der Waals surface area contributed by atoms with E-state index in [0.29, 0.717) is 38.3 Å². The number of halogens is 3. The van der Waals surface area contributed by atoms with Gasteiger partial charge in [0.15, 0.2) is 16.7 Å². The Labute approximate surface area is 230 Å². The molecule has 40 heavy (non-hydrogen) atoms. The zero-order valence-electron chi connectivity index (χ0n) is 21.1. The predicted octanol–water partition coefficient (Wildman–Crippen LogP) is 6.73. The van der Waals surface area contributed by atoms with E-state index in [2.05, 4.69) is 30.9 Å². The minimum absolute atomic E-state index is 0.119. The van der Waals surface area contributed by atoms with E-state index in [1.54, 1.807) is 49.6 Å². The predicted molar refractivity (Wildman–Crippen MR) is 149 cm³/mol. The molecule has 202 valence electrons. The molecule has 0 saturated heterocycles. The Morgan fingerprint density at radius 1 is 0.925 bits per heavy atom. The molecule has 0 unspecified atom stereocenters. The van der Waals surface area contributed by atoms with Crippen LogP contribution in [0.5, 0.6) is 5.75 Å². The number of thiazole rings is 1. The summed E-state index contributed by atoms with van der Waals surface area (Å²) in [5.74, 6) is -2.51. The van der Waals surface area contributed by atoms with Crippen molar-refractivity contribution in [2.24, 2.45) is 0 Å². The van der Waals surface area contributed by atoms with E-state index in [4.69, 9.17) is 4.74 Å². The molecule has 3 aromatic carbocycles. The van der Waals surface area contributed by atoms with Crippen LogP contribution in [-0.2, 0) is 0 Å². The summed E-state index contributed by atoms with van der Waals surface area (Å²) in [6.45, 7) is 0. The van der Waals surface area contributed by atoms with Crippen LogP contribution in [0, 0.1) is 17.5 Å². The lowest BCUT2D eigenvalue weighted by Gasteiger charge is -2.10. The first kappa shape index (κ1) is 26.6. The number of carbonyl (C=O) groups is 1. The van der Waals surface area contributed by atoms with Crippen molar-refractivity contribution in [3.63, 3.8) is 0 Å². The fourth-order valence-corrected chi connectivity index (χ4v) is 4.74. The summed E-state index contributed by atoms with van der Waals surface area (Å²) in [4.78, 5) is 26.8. The fraction of sp³-hybridized carbons (Fsp3) is 0.0714. The van der Waals surface area contributed by atoms with Crippen molar-refractivity contribution in [2.75, 3.05) is 30.1 Å². The summed E-state index contributed by atoms with van der Waals surface area (Å²) in [5.41, 5.74) is 2.17. The number of rotatable bonds is 8. The standard InChI is InChI=1S/C28H21F3N6O2S/c1-32-28-37-24(15-4-3-5-17(12-15)34-26(38)19-13-16(29)6-8-20(19)30)25(40-28)22-10-11-33-27(36-22)35-18-7-9-23(39-2)21(31)14-18/h3-14H,1-2H3,(H,32,37)(H,34,38)(H,33,35,36). The van der Waals surface area contributed by atoms with Crippen LogP contribution in [0.4, 0.5) is 35.6 Å². The minimum atomic E-state index is -0.832. The highest BCUT2D eigenvalue weighted by Crippen LogP contribution is 2.39. The van der Waals surface area contributed by atoms with Crippen LogP contribution in [0.2, 0.25) is 0 Å². The Hall–Kier alpha value is -4.97. The van der Waals surface area contributed by atoms with Gasteiger partial charge in [-0.2, -0.15) is 0 Å². The van der Waals surface area contributed by atoms with Gasteiger partial charge in [0, 0.05) is 36.2 Å². The van der Waals surface area contributed by atoms with Crippen molar-refractivity contribution in [3.8, 4) is 27.6 Å². The monoisotopic (exact) mass is 562 g/mol. The maximum absolute atomic E-state index is 14.1. The number of aromatic nitrogens is 3. The molecule has 0 radical (unpaired) electrons. The van der Waals surface area contributed by atoms with Crippen molar-refractivity contribution >= 4 is 39.7 Å². The number of nitrogens with zero attached hydrogens (tertiary/aromatic N) is 3. The zero-order valence-corrected chi connectivity index (χ0v) is 21.9. The lowest BCUT2D eigenvalue weighted by molar-refractivity contribution is 0.102. The first-order chi connectivity index (χ1) is 19.3. The fourth-order valence-electron chi connectivity index (χ4n) is 3.83. The topological polar surface area (TPSA) is 101 Å². The van der Waals surface area contributed by atoms with Gasteiger partial charge in [-0.05, 0) is 48.5 Å². The quantitative estimate of drug-likeness (QED) is 0.193. The van der Waals surface area contributed by atoms with Crippen molar-refractivity contribution in [1.29, 1.82) is 0 Å². The molecule has 0 fully saturated rings. The summed E-state index contributed by atoms with van der Waals surface area (Å²) in [6.07, 6.45) is 1.57. The molecule has 0 atom stereocenters. The molecule has 8 nitrogen and oxygen atoms in total. The second-order valence-electron chi connectivity index (χ2n) is 8.35. The van der Waals surface area contributed by atoms with Crippen LogP contribution in [0.15, 0.2) is 72.9 Å². The Bertz CT molecular complexity index is 1710. The lowest BCUT2D eigenvalue weighted by Crippen LogP contribution is -2.14. The number of anilines is 4. The largest absolute Gasteiger partial charge is 0.494 e. The number of methoxy groups -OCH3 is 1. The summed E-state index contributed by atoms with van der Waals surface area (Å²) in [5, 5.41) is 9.24. The number of hydrogen-bond donors (Lipinski definition) is 3. The second-order valence-corrected chi connectivity index (χ2v) is 9.34. The molecular weight excluding hydrogens is 541 g/mol. The molecule has 3 N–H and O–H groups in total. The Morgan fingerprint density at radius 3 is 2.55 bits per heavy atom. The van der Waals surface area contributed by atoms with E-state index in [-0.39, 0.29) is 11.7 Å². The highest BCUT2D eigenvalue weighted by Gasteiger charge is 2.18. The molecule has 0 aliphatic rings. The molecule has 0 aliphatic carbocycles. The highest BCUT2D eigenvalue weighted by atomic mass is 32.1. The average molecular weight is 563 g/mol. The summed E-state index contributed by atoms with van der Waals surface area (Å²) >= 11 is 1.35. The zero-order chi connectivity index (χ0) is 28.2. The van der Waals surface area contributed by atoms with Crippen molar-refractivity contribution < 1.29 is 22.7 Å². The maximum atomic E-state index is 14.1. The van der Waals surface area contributed by atoms with Gasteiger partial charge in [0.05, 0.1) is 28.9 Å². The van der Waals surface area contributed by atoms with Gasteiger partial charge < -0.3 is 20.7 Å². The molecule has 1 amide bonds. The van der Waals surface area contributed by atoms with Gasteiger partial charge >= 0.3 is 0 Å². The average Bonchev–Trinajstić information content (AvgIpc) is 3.40. The van der Waals surface area contributed by atoms with Crippen LogP contribution < -0.4 is 20.7 Å². The third-order valence-corrected chi connectivity index (χ3v) is 6.80. The first-order valence-electron chi connectivity index (χ1n) is 11.8. The maximum Gasteiger partial charge on any atom is 0.258 e. The van der Waals surface area contributed by atoms with Crippen LogP contribution in [0.1, 0.15) is 10.4 Å². The van der Waals surface area contributed by atoms with Gasteiger partial charge in [-0.1, -0.05) is 23.5 Å². The molecule has 5 aromatic rings. The van der Waals surface area contributed by atoms with E-state index in [0.717, 1.165) is 18.2 Å². The Balaban J connectivity index is 1.45. The van der Waals surface area contributed by atoms with E-state index >= 15 is 0 Å². The molecule has 0 saturated carbocycles. The third-order valence-electron chi connectivity index (χ3n) is 5.70. The molecule has 0 spiro atoms. The van der Waals surface area contributed by atoms with Gasteiger partial charge in [0.25, 0.3) is 5.91 Å². The number of benzene rings is 3. The van der Waals surface area contributed by atoms with Crippen molar-refractivity contribution in [2.45, 2.75) is 0 Å². The number of hydrogen-bond acceptors (Lipinski definition) is 8. The SMILES string of the molecule is CNc1nc(-c2cccc(NC(=O)c3cc(F)ccc3F)c2)c(-c2ccnc(Nc3ccc(OC)c(F)c3)n2)s1. The van der Waals surface area contributed by atoms with Crippen molar-refractivity contribution in [3.05, 3.63) is 95.9 Å². The second kappa shape index (κ2) is 11.4. The number of ether oxygens (including phenoxy) is 1. The minimum Gasteiger partial charge on any atom is -0.494 e. The van der Waals surface area contributed by atoms with E-state index in [1.807, 2.05) is 0 Å². The van der Waals surface area contributed by atoms with Crippen LogP contribution in [0.3, 0.4) is 0 Å². The first-order valence-corrected chi connectivity index (χ1v) is 12.7. The molecular formula is C28H21F3N6O2S. The highest BCUT2D eigenvalue weighted by molar-refractivity contribution is 7.19. The molecule has 0 aliphatic heterocycles. The normalized spacial score (nSPS) is 10.7. The molecule has 12 heteroatoms. The van der Waals surface area contributed by atoms with Gasteiger partial charge in [-0.25, -0.2) is 28.1 Å². The van der Waals surface area contributed by atoms with Crippen LogP contribution in [0.25, 0.3) is 21.8 Å². The lowest BCUT2D eigenvalue weighted by atomic mass is 10.1. The van der Waals surface area contributed by atoms with Gasteiger partial charge in [-0.15, -0.1) is 0 Å². The molecule has 2 aromatic heterocycles. The number of nitrogens with one attached hydrogen (secondary N) is 3. The summed E-state index contributed by atoms with van der Waals surface area (Å²) < 4.78 is 46.8. The van der Waals surface area contributed by atoms with Crippen LogP contribution >= 0.6 is 11.3 Å². The smallest absolute Gasteiger partial charge is 0.258 e. The molecule has 0 bridgehead atoms. The van der Waals surface area contributed by atoms with E-state index < -0.39 is 28.9 Å². The third kappa shape index (κ3) is 5.71. The number of carbonyl (C=O) groups excluding carboxylic acids is 1. The Morgan fingerprint density at radius 2 is 1.77 bits per heavy atom. The van der Waals surface area contributed by atoms with Gasteiger partial charge in [-0.3, -0.25) is 4.79 Å². The number of amides is 1. The van der Waals surface area contributed by atoms with Gasteiger partial charge in [0.2, 0.25) is 5.95 Å². The van der Waals surface area contributed by atoms with E-state index in [9.17, 15) is 18.0 Å².